The van der Waals surface area contributed by atoms with E-state index in [1.54, 1.807) is 24.8 Å². The Balaban J connectivity index is 1.95. The number of rotatable bonds is 3. The van der Waals surface area contributed by atoms with Crippen LogP contribution in [0.5, 0.6) is 0 Å². The fourth-order valence-corrected chi connectivity index (χ4v) is 4.95. The predicted molar refractivity (Wildman–Crippen MR) is 106 cm³/mol. The van der Waals surface area contributed by atoms with Crippen LogP contribution in [-0.4, -0.2) is 28.8 Å². The lowest BCUT2D eigenvalue weighted by Crippen LogP contribution is -2.34. The number of aryl methyl sites for hydroxylation is 1. The molecule has 2 unspecified atom stereocenters. The van der Waals surface area contributed by atoms with Crippen LogP contribution in [0.4, 0.5) is 10.1 Å². The van der Waals surface area contributed by atoms with E-state index in [-0.39, 0.29) is 17.5 Å². The highest BCUT2D eigenvalue weighted by Gasteiger charge is 2.29. The Kier molecular flexibility index (Phi) is 5.91. The zero-order chi connectivity index (χ0) is 20.4. The zero-order valence-electron chi connectivity index (χ0n) is 16.3. The number of fused-ring (bicyclic) bond motifs is 1. The first-order valence-electron chi connectivity index (χ1n) is 9.03. The molecule has 0 radical (unpaired) electrons. The third-order valence-corrected chi connectivity index (χ3v) is 6.39. The van der Waals surface area contributed by atoms with E-state index in [4.69, 9.17) is 5.26 Å². The van der Waals surface area contributed by atoms with Gasteiger partial charge in [0.15, 0.2) is 0 Å². The molecule has 0 spiro atoms. The Hall–Kier alpha value is -2.57. The van der Waals surface area contributed by atoms with E-state index in [2.05, 4.69) is 33.3 Å². The van der Waals surface area contributed by atoms with Crippen molar-refractivity contribution >= 4 is 22.5 Å². The molecule has 0 bridgehead atoms. The maximum absolute atomic E-state index is 13.5. The summed E-state index contributed by atoms with van der Waals surface area (Å²) in [5.41, 5.74) is 1.60. The highest BCUT2D eigenvalue weighted by Crippen LogP contribution is 2.26. The summed E-state index contributed by atoms with van der Waals surface area (Å²) in [5, 5.41) is 17.1. The van der Waals surface area contributed by atoms with Crippen molar-refractivity contribution in [1.82, 2.24) is 14.5 Å². The van der Waals surface area contributed by atoms with Crippen LogP contribution in [0.15, 0.2) is 27.6 Å². The Morgan fingerprint density at radius 2 is 2.29 bits per heavy atom. The van der Waals surface area contributed by atoms with Crippen molar-refractivity contribution in [3.63, 3.8) is 0 Å². The molecule has 1 aromatic carbocycles. The van der Waals surface area contributed by atoms with Crippen molar-refractivity contribution in [2.24, 2.45) is 17.3 Å². The van der Waals surface area contributed by atoms with Gasteiger partial charge in [0.05, 0.1) is 5.56 Å². The molecule has 0 saturated carbocycles. The summed E-state index contributed by atoms with van der Waals surface area (Å²) in [4.78, 5) is 13.0. The van der Waals surface area contributed by atoms with Gasteiger partial charge in [-0.3, -0.25) is 9.48 Å². The van der Waals surface area contributed by atoms with Gasteiger partial charge in [-0.1, -0.05) is 13.8 Å². The molecule has 2 atom stereocenters. The highest BCUT2D eigenvalue weighted by atomic mass is 32.2. The molecule has 3 rings (SSSR count). The summed E-state index contributed by atoms with van der Waals surface area (Å²) >= 11 is 0. The lowest BCUT2D eigenvalue weighted by Gasteiger charge is -2.20. The van der Waals surface area contributed by atoms with Crippen LogP contribution in [0, 0.1) is 23.1 Å². The van der Waals surface area contributed by atoms with E-state index in [0.29, 0.717) is 23.7 Å². The van der Waals surface area contributed by atoms with Crippen molar-refractivity contribution in [2.45, 2.75) is 37.8 Å². The summed E-state index contributed by atoms with van der Waals surface area (Å²) in [6, 6.07) is 6.00. The molecule has 1 aliphatic rings. The zero-order valence-corrected chi connectivity index (χ0v) is 17.1. The summed E-state index contributed by atoms with van der Waals surface area (Å²) in [6.07, 6.45) is 1.60. The number of halogens is 1. The number of aromatic nitrogens is 2. The number of carbonyl (C=O) groups excluding carboxylic acids is 1. The number of nitrogens with zero attached hydrogens (tertiary/aromatic N) is 4. The second kappa shape index (κ2) is 8.20. The second-order valence-corrected chi connectivity index (χ2v) is 8.55. The van der Waals surface area contributed by atoms with Crippen LogP contribution in [0.1, 0.15) is 41.9 Å². The van der Waals surface area contributed by atoms with E-state index in [1.165, 1.54) is 18.2 Å². The first kappa shape index (κ1) is 20.2. The van der Waals surface area contributed by atoms with Gasteiger partial charge in [0.1, 0.15) is 22.6 Å². The minimum absolute atomic E-state index is 0.114. The van der Waals surface area contributed by atoms with Crippen LogP contribution < -0.4 is 10.0 Å². The van der Waals surface area contributed by atoms with Gasteiger partial charge in [-0.15, -0.1) is 0 Å². The van der Waals surface area contributed by atoms with Gasteiger partial charge in [0.25, 0.3) is 5.91 Å². The van der Waals surface area contributed by atoms with E-state index in [9.17, 15) is 9.18 Å². The molecule has 2 aromatic rings. The van der Waals surface area contributed by atoms with Crippen LogP contribution >= 0.6 is 0 Å². The summed E-state index contributed by atoms with van der Waals surface area (Å²) in [5.74, 6) is -0.515. The largest absolute Gasteiger partial charge is 0.321 e. The Bertz CT molecular complexity index is 991. The molecule has 148 valence electrons. The van der Waals surface area contributed by atoms with Crippen molar-refractivity contribution < 1.29 is 9.18 Å². The molecule has 0 aliphatic carbocycles. The lowest BCUT2D eigenvalue weighted by atomic mass is 9.97. The van der Waals surface area contributed by atoms with Gasteiger partial charge in [-0.2, -0.15) is 10.4 Å². The van der Waals surface area contributed by atoms with E-state index in [0.717, 1.165) is 17.0 Å². The maximum atomic E-state index is 13.5. The molecular formula is C19H23FN6OS. The van der Waals surface area contributed by atoms with Crippen LogP contribution in [0.25, 0.3) is 0 Å². The Labute approximate surface area is 166 Å². The van der Waals surface area contributed by atoms with Gasteiger partial charge in [-0.05, 0) is 37.0 Å². The number of nitrogens with one attached hydrogen (secondary N) is 2. The van der Waals surface area contributed by atoms with Crippen molar-refractivity contribution in [2.75, 3.05) is 12.4 Å². The van der Waals surface area contributed by atoms with E-state index < -0.39 is 16.7 Å². The molecule has 2 N–H and O–H groups in total. The van der Waals surface area contributed by atoms with Gasteiger partial charge >= 0.3 is 0 Å². The first-order chi connectivity index (χ1) is 13.3. The van der Waals surface area contributed by atoms with E-state index in [1.807, 2.05) is 0 Å². The van der Waals surface area contributed by atoms with E-state index >= 15 is 0 Å². The minimum Gasteiger partial charge on any atom is -0.321 e. The topological polar surface area (TPSA) is 95.1 Å². The minimum atomic E-state index is -0.616. The molecule has 9 heteroatoms. The Morgan fingerprint density at radius 3 is 2.93 bits per heavy atom. The molecule has 28 heavy (non-hydrogen) atoms. The van der Waals surface area contributed by atoms with Gasteiger partial charge in [-0.25, -0.2) is 13.5 Å². The SMILES string of the molecule is CN=S1NC(C(C)C)CCc2c1nn(C)c2C(=O)Nc1ccc(F)c(C#N)c1. The van der Waals surface area contributed by atoms with Crippen LogP contribution in [0.2, 0.25) is 0 Å². The number of carbonyl (C=O) groups is 1. The molecule has 2 heterocycles. The molecule has 1 amide bonds. The van der Waals surface area contributed by atoms with Crippen LogP contribution in [-0.2, 0) is 24.3 Å². The average molecular weight is 402 g/mol. The molecule has 0 saturated heterocycles. The highest BCUT2D eigenvalue weighted by molar-refractivity contribution is 7.85. The lowest BCUT2D eigenvalue weighted by molar-refractivity contribution is 0.101. The quantitative estimate of drug-likeness (QED) is 0.825. The maximum Gasteiger partial charge on any atom is 0.274 e. The van der Waals surface area contributed by atoms with Gasteiger partial charge < -0.3 is 5.32 Å². The predicted octanol–water partition coefficient (Wildman–Crippen LogP) is 2.95. The third kappa shape index (κ3) is 3.84. The standard InChI is InChI=1S/C19H23FN6OS/c1-11(2)16-8-6-14-17(26(4)24-19(14)28(22-3)25-16)18(27)23-13-5-7-15(20)12(9-13)10-21/h5,7,9,11,16H,6,8H2,1-4H3,(H,22,25)(H,23,27). The number of benzene rings is 1. The molecule has 1 aliphatic heterocycles. The van der Waals surface area contributed by atoms with Crippen molar-refractivity contribution in [3.8, 4) is 6.07 Å². The van der Waals surface area contributed by atoms with Crippen molar-refractivity contribution in [1.29, 1.82) is 5.26 Å². The number of nitriles is 1. The monoisotopic (exact) mass is 402 g/mol. The van der Waals surface area contributed by atoms with Crippen LogP contribution in [0.3, 0.4) is 0 Å². The average Bonchev–Trinajstić information content (AvgIpc) is 2.88. The molecule has 7 nitrogen and oxygen atoms in total. The van der Waals surface area contributed by atoms with Gasteiger partial charge in [0.2, 0.25) is 0 Å². The Morgan fingerprint density at radius 1 is 1.54 bits per heavy atom. The smallest absolute Gasteiger partial charge is 0.274 e. The van der Waals surface area contributed by atoms with Crippen molar-refractivity contribution in [3.05, 3.63) is 40.8 Å². The van der Waals surface area contributed by atoms with Gasteiger partial charge in [0, 0.05) is 42.3 Å². The summed E-state index contributed by atoms with van der Waals surface area (Å²) in [6.45, 7) is 4.32. The summed E-state index contributed by atoms with van der Waals surface area (Å²) in [7, 11) is 2.89. The fraction of sp³-hybridized carbons (Fsp3) is 0.421. The number of anilines is 1. The second-order valence-electron chi connectivity index (χ2n) is 6.99. The number of amides is 1. The third-order valence-electron chi connectivity index (χ3n) is 4.81. The molecular weight excluding hydrogens is 379 g/mol. The summed E-state index contributed by atoms with van der Waals surface area (Å²) < 4.78 is 23.1. The molecule has 1 aromatic heterocycles. The normalized spacial score (nSPS) is 19.2. The fourth-order valence-electron chi connectivity index (χ4n) is 3.25. The first-order valence-corrected chi connectivity index (χ1v) is 10.2. The molecule has 0 fully saturated rings. The number of hydrogen-bond acceptors (Lipinski definition) is 4. The number of hydrogen-bond donors (Lipinski definition) is 2.